The summed E-state index contributed by atoms with van der Waals surface area (Å²) >= 11 is 0. The van der Waals surface area contributed by atoms with Crippen LogP contribution in [0.25, 0.3) is 0 Å². The Morgan fingerprint density at radius 3 is 2.10 bits per heavy atom. The Bertz CT molecular complexity index is 797. The molecule has 5 heteroatoms. The van der Waals surface area contributed by atoms with Gasteiger partial charge in [0.15, 0.2) is 0 Å². The highest BCUT2D eigenvalue weighted by molar-refractivity contribution is 5.80. The van der Waals surface area contributed by atoms with E-state index >= 15 is 0 Å². The monoisotopic (exact) mass is 409 g/mol. The molecule has 4 rings (SSSR count). The summed E-state index contributed by atoms with van der Waals surface area (Å²) in [5, 5.41) is 0. The topological polar surface area (TPSA) is 48.0 Å². The molecule has 2 aliphatic rings. The lowest BCUT2D eigenvalue weighted by Gasteiger charge is -2.51. The molecule has 0 aromatic heterocycles. The smallest absolute Gasteiger partial charge is 0.135 e. The van der Waals surface area contributed by atoms with Crippen molar-refractivity contribution in [3.8, 4) is 0 Å². The molecule has 5 nitrogen and oxygen atoms in total. The summed E-state index contributed by atoms with van der Waals surface area (Å²) in [4.78, 5) is 14.7. The van der Waals surface area contributed by atoms with E-state index in [0.29, 0.717) is 38.4 Å². The van der Waals surface area contributed by atoms with Gasteiger partial charge in [0.2, 0.25) is 0 Å². The summed E-state index contributed by atoms with van der Waals surface area (Å²) in [6, 6.07) is 20.7. The van der Waals surface area contributed by atoms with Gasteiger partial charge in [0, 0.05) is 39.0 Å². The summed E-state index contributed by atoms with van der Waals surface area (Å²) in [7, 11) is 1.73. The van der Waals surface area contributed by atoms with Crippen molar-refractivity contribution in [1.29, 1.82) is 0 Å². The van der Waals surface area contributed by atoms with E-state index in [9.17, 15) is 4.79 Å². The van der Waals surface area contributed by atoms with Crippen molar-refractivity contribution in [3.63, 3.8) is 0 Å². The molecule has 2 unspecified atom stereocenters. The molecular formula is C25H31NO4. The van der Waals surface area contributed by atoms with Gasteiger partial charge in [-0.3, -0.25) is 9.69 Å². The van der Waals surface area contributed by atoms with E-state index in [0.717, 1.165) is 24.1 Å². The fourth-order valence-electron chi connectivity index (χ4n) is 4.67. The maximum atomic E-state index is 12.2. The van der Waals surface area contributed by atoms with Crippen molar-refractivity contribution in [2.75, 3.05) is 20.3 Å². The Morgan fingerprint density at radius 1 is 0.900 bits per heavy atom. The van der Waals surface area contributed by atoms with Crippen molar-refractivity contribution in [1.82, 2.24) is 4.90 Å². The van der Waals surface area contributed by atoms with Gasteiger partial charge in [-0.25, -0.2) is 0 Å². The van der Waals surface area contributed by atoms with Crippen LogP contribution in [0.1, 0.15) is 30.4 Å². The highest BCUT2D eigenvalue weighted by Gasteiger charge is 2.46. The van der Waals surface area contributed by atoms with Crippen LogP contribution < -0.4 is 0 Å². The quantitative estimate of drug-likeness (QED) is 0.667. The molecule has 0 spiro atoms. The predicted molar refractivity (Wildman–Crippen MR) is 115 cm³/mol. The number of hydrogen-bond donors (Lipinski definition) is 0. The Hall–Kier alpha value is -2.05. The first-order valence-electron chi connectivity index (χ1n) is 10.8. The first kappa shape index (κ1) is 21.2. The van der Waals surface area contributed by atoms with Crippen molar-refractivity contribution in [3.05, 3.63) is 71.8 Å². The van der Waals surface area contributed by atoms with Crippen LogP contribution in [0.3, 0.4) is 0 Å². The number of fused-ring (bicyclic) bond motifs is 1. The Labute approximate surface area is 178 Å². The van der Waals surface area contributed by atoms with E-state index in [4.69, 9.17) is 14.2 Å². The summed E-state index contributed by atoms with van der Waals surface area (Å²) in [6.07, 6.45) is 1.86. The van der Waals surface area contributed by atoms with Gasteiger partial charge in [0.05, 0.1) is 38.1 Å². The molecule has 2 saturated heterocycles. The Kier molecular flexibility index (Phi) is 7.28. The van der Waals surface area contributed by atoms with Crippen molar-refractivity contribution >= 4 is 5.78 Å². The minimum Gasteiger partial charge on any atom is -0.383 e. The van der Waals surface area contributed by atoms with Crippen molar-refractivity contribution < 1.29 is 19.0 Å². The fraction of sp³-hybridized carbons (Fsp3) is 0.480. The molecule has 0 aliphatic carbocycles. The Balaban J connectivity index is 1.49. The van der Waals surface area contributed by atoms with E-state index in [-0.39, 0.29) is 24.3 Å². The molecule has 4 atom stereocenters. The number of methoxy groups -OCH3 is 1. The average Bonchev–Trinajstić information content (AvgIpc) is 2.79. The third-order valence-corrected chi connectivity index (χ3v) is 6.21. The number of ether oxygens (including phenoxy) is 3. The highest BCUT2D eigenvalue weighted by atomic mass is 16.5. The molecule has 2 aliphatic heterocycles. The van der Waals surface area contributed by atoms with E-state index in [1.165, 1.54) is 0 Å². The minimum absolute atomic E-state index is 0.00428. The third-order valence-electron chi connectivity index (χ3n) is 6.21. The van der Waals surface area contributed by atoms with E-state index in [1.807, 2.05) is 36.4 Å². The largest absolute Gasteiger partial charge is 0.383 e. The van der Waals surface area contributed by atoms with Crippen molar-refractivity contribution in [2.24, 2.45) is 0 Å². The Morgan fingerprint density at radius 2 is 1.50 bits per heavy atom. The summed E-state index contributed by atoms with van der Waals surface area (Å²) in [5.74, 6) is 0.324. The number of ketones is 1. The van der Waals surface area contributed by atoms with Crippen LogP contribution in [0.2, 0.25) is 0 Å². The van der Waals surface area contributed by atoms with E-state index in [2.05, 4.69) is 29.2 Å². The number of Topliss-reactive ketones (excluding diaryl/α,β-unsaturated/α-hetero) is 1. The number of piperidine rings is 2. The van der Waals surface area contributed by atoms with Crippen LogP contribution in [-0.2, 0) is 32.2 Å². The second kappa shape index (κ2) is 10.3. The number of nitrogens with zero attached hydrogens (tertiary/aromatic N) is 1. The standard InChI is InChI=1S/C25H31NO4/c1-28-18-23-25(30-17-20-10-6-3-7-11-20)15-24(22-14-21(27)12-13-26(22)23)29-16-19-8-4-2-5-9-19/h2-11,22-25H,12-18H2,1H3/t22?,23-,24+,25?/m0/s1. The molecular weight excluding hydrogens is 378 g/mol. The molecule has 2 heterocycles. The van der Waals surface area contributed by atoms with Gasteiger partial charge < -0.3 is 14.2 Å². The summed E-state index contributed by atoms with van der Waals surface area (Å²) < 4.78 is 18.3. The maximum Gasteiger partial charge on any atom is 0.135 e. The van der Waals surface area contributed by atoms with Crippen LogP contribution in [0.5, 0.6) is 0 Å². The van der Waals surface area contributed by atoms with Gasteiger partial charge in [-0.05, 0) is 11.1 Å². The summed E-state index contributed by atoms with van der Waals surface area (Å²) in [5.41, 5.74) is 2.30. The van der Waals surface area contributed by atoms with Gasteiger partial charge in [-0.1, -0.05) is 60.7 Å². The van der Waals surface area contributed by atoms with E-state index < -0.39 is 0 Å². The average molecular weight is 410 g/mol. The summed E-state index contributed by atoms with van der Waals surface area (Å²) in [6.45, 7) is 2.45. The molecule has 30 heavy (non-hydrogen) atoms. The number of carbonyl (C=O) groups excluding carboxylic acids is 1. The van der Waals surface area contributed by atoms with Gasteiger partial charge >= 0.3 is 0 Å². The lowest BCUT2D eigenvalue weighted by atomic mass is 9.84. The molecule has 0 radical (unpaired) electrons. The lowest BCUT2D eigenvalue weighted by Crippen LogP contribution is -2.64. The van der Waals surface area contributed by atoms with Crippen molar-refractivity contribution in [2.45, 2.75) is 56.8 Å². The van der Waals surface area contributed by atoms with Crippen LogP contribution >= 0.6 is 0 Å². The minimum atomic E-state index is -0.0386. The van der Waals surface area contributed by atoms with Gasteiger partial charge in [-0.2, -0.15) is 0 Å². The highest BCUT2D eigenvalue weighted by Crippen LogP contribution is 2.34. The molecule has 0 bridgehead atoms. The molecule has 2 aromatic rings. The molecule has 2 fully saturated rings. The number of rotatable bonds is 8. The maximum absolute atomic E-state index is 12.2. The number of benzene rings is 2. The molecule has 0 saturated carbocycles. The van der Waals surface area contributed by atoms with Crippen LogP contribution in [0.4, 0.5) is 0 Å². The van der Waals surface area contributed by atoms with Crippen LogP contribution in [-0.4, -0.2) is 55.2 Å². The first-order valence-corrected chi connectivity index (χ1v) is 10.8. The molecule has 160 valence electrons. The lowest BCUT2D eigenvalue weighted by molar-refractivity contribution is -0.164. The fourth-order valence-corrected chi connectivity index (χ4v) is 4.67. The third kappa shape index (κ3) is 5.16. The first-order chi connectivity index (χ1) is 14.7. The molecule has 2 aromatic carbocycles. The molecule has 0 amide bonds. The zero-order chi connectivity index (χ0) is 20.8. The van der Waals surface area contributed by atoms with Gasteiger partial charge in [0.25, 0.3) is 0 Å². The normalized spacial score (nSPS) is 27.0. The van der Waals surface area contributed by atoms with Gasteiger partial charge in [0.1, 0.15) is 5.78 Å². The number of carbonyl (C=O) groups is 1. The SMILES string of the molecule is COC[C@H]1C(OCc2ccccc2)C[C@@H](OCc2ccccc2)C2CC(=O)CCN21. The second-order valence-electron chi connectivity index (χ2n) is 8.23. The van der Waals surface area contributed by atoms with Gasteiger partial charge in [-0.15, -0.1) is 0 Å². The predicted octanol–water partition coefficient (Wildman–Crippen LogP) is 3.61. The zero-order valence-electron chi connectivity index (χ0n) is 17.6. The molecule has 0 N–H and O–H groups in total. The number of hydrogen-bond acceptors (Lipinski definition) is 5. The van der Waals surface area contributed by atoms with E-state index in [1.54, 1.807) is 7.11 Å². The zero-order valence-corrected chi connectivity index (χ0v) is 17.6. The van der Waals surface area contributed by atoms with Crippen LogP contribution in [0.15, 0.2) is 60.7 Å². The second-order valence-corrected chi connectivity index (χ2v) is 8.23. The van der Waals surface area contributed by atoms with Crippen LogP contribution in [0, 0.1) is 0 Å².